The molecule has 2 fully saturated rings. The van der Waals surface area contributed by atoms with Crippen molar-refractivity contribution in [3.05, 3.63) is 84.2 Å². The first-order chi connectivity index (χ1) is 14.3. The van der Waals surface area contributed by atoms with Crippen molar-refractivity contribution in [2.24, 2.45) is 0 Å². The Kier molecular flexibility index (Phi) is 5.02. The maximum Gasteiger partial charge on any atom is 0.170 e. The summed E-state index contributed by atoms with van der Waals surface area (Å²) in [6.45, 7) is 0.747. The van der Waals surface area contributed by atoms with Crippen LogP contribution < -0.4 is 5.32 Å². The topological polar surface area (TPSA) is 46.0 Å². The average molecular weight is 404 g/mol. The number of pyridine rings is 2. The van der Waals surface area contributed by atoms with Crippen LogP contribution in [0.2, 0.25) is 0 Å². The van der Waals surface area contributed by atoms with E-state index in [1.165, 1.54) is 36.8 Å². The van der Waals surface area contributed by atoms with Crippen LogP contribution in [0.25, 0.3) is 0 Å². The van der Waals surface area contributed by atoms with Gasteiger partial charge in [0.05, 0.1) is 17.8 Å². The van der Waals surface area contributed by atoms with Gasteiger partial charge in [-0.1, -0.05) is 18.9 Å². The van der Waals surface area contributed by atoms with E-state index in [2.05, 4.69) is 61.4 Å². The van der Waals surface area contributed by atoms with Crippen molar-refractivity contribution in [2.45, 2.75) is 50.4 Å². The van der Waals surface area contributed by atoms with Crippen LogP contribution in [0, 0.1) is 0 Å². The minimum absolute atomic E-state index is 0.0324. The molecule has 3 aromatic heterocycles. The largest absolute Gasteiger partial charge is 0.352 e. The summed E-state index contributed by atoms with van der Waals surface area (Å²) >= 11 is 5.77. The highest BCUT2D eigenvalue weighted by Gasteiger charge is 2.40. The van der Waals surface area contributed by atoms with Gasteiger partial charge < -0.3 is 14.8 Å². The maximum absolute atomic E-state index is 5.77. The van der Waals surface area contributed by atoms with Gasteiger partial charge in [-0.15, -0.1) is 0 Å². The van der Waals surface area contributed by atoms with E-state index in [1.54, 1.807) is 0 Å². The smallest absolute Gasteiger partial charge is 0.170 e. The molecule has 4 heterocycles. The summed E-state index contributed by atoms with van der Waals surface area (Å²) in [5, 5.41) is 4.31. The zero-order valence-corrected chi connectivity index (χ0v) is 17.1. The number of rotatable bonds is 5. The Morgan fingerprint density at radius 1 is 1.03 bits per heavy atom. The van der Waals surface area contributed by atoms with E-state index in [0.717, 1.165) is 17.4 Å². The number of hydrogen-bond donors (Lipinski definition) is 1. The Balaban J connectivity index is 1.50. The fraction of sp³-hybridized carbons (Fsp3) is 0.348. The molecule has 0 bridgehead atoms. The molecule has 0 spiro atoms. The molecule has 2 atom stereocenters. The Morgan fingerprint density at radius 3 is 2.62 bits per heavy atom. The van der Waals surface area contributed by atoms with Gasteiger partial charge in [0.15, 0.2) is 5.11 Å². The molecular formula is C23H25N5S. The summed E-state index contributed by atoms with van der Waals surface area (Å²) in [7, 11) is 0. The van der Waals surface area contributed by atoms with Crippen molar-refractivity contribution in [1.29, 1.82) is 0 Å². The van der Waals surface area contributed by atoms with Crippen LogP contribution in [0.1, 0.15) is 60.6 Å². The number of nitrogens with one attached hydrogen (secondary N) is 1. The first kappa shape index (κ1) is 18.3. The third-order valence-corrected chi connectivity index (χ3v) is 6.48. The molecule has 0 aromatic carbocycles. The lowest BCUT2D eigenvalue weighted by Crippen LogP contribution is -2.29. The molecule has 3 aromatic rings. The lowest BCUT2D eigenvalue weighted by Gasteiger charge is -2.27. The highest BCUT2D eigenvalue weighted by molar-refractivity contribution is 7.80. The Hall–Kier alpha value is -2.73. The highest BCUT2D eigenvalue weighted by atomic mass is 32.1. The quantitative estimate of drug-likeness (QED) is 0.633. The molecule has 1 saturated heterocycles. The van der Waals surface area contributed by atoms with Crippen molar-refractivity contribution in [2.75, 3.05) is 0 Å². The van der Waals surface area contributed by atoms with Crippen molar-refractivity contribution in [1.82, 2.24) is 24.8 Å². The van der Waals surface area contributed by atoms with E-state index in [4.69, 9.17) is 12.2 Å². The van der Waals surface area contributed by atoms with Gasteiger partial charge in [-0.2, -0.15) is 0 Å². The van der Waals surface area contributed by atoms with Crippen LogP contribution in [-0.2, 0) is 6.54 Å². The molecular weight excluding hydrogens is 378 g/mol. The number of nitrogens with zero attached hydrogens (tertiary/aromatic N) is 4. The average Bonchev–Trinajstić information content (AvgIpc) is 3.50. The van der Waals surface area contributed by atoms with Gasteiger partial charge in [-0.3, -0.25) is 9.97 Å². The molecule has 5 nitrogen and oxygen atoms in total. The fourth-order valence-corrected chi connectivity index (χ4v) is 4.96. The third-order valence-electron chi connectivity index (χ3n) is 6.13. The van der Waals surface area contributed by atoms with Gasteiger partial charge in [0.1, 0.15) is 0 Å². The van der Waals surface area contributed by atoms with Crippen LogP contribution in [0.3, 0.4) is 0 Å². The first-order valence-electron chi connectivity index (χ1n) is 10.3. The molecule has 2 aliphatic rings. The summed E-state index contributed by atoms with van der Waals surface area (Å²) in [6, 6.07) is 13.2. The molecule has 0 unspecified atom stereocenters. The normalized spacial score (nSPS) is 22.2. The molecule has 29 heavy (non-hydrogen) atoms. The van der Waals surface area contributed by atoms with Crippen molar-refractivity contribution < 1.29 is 0 Å². The predicted octanol–water partition coefficient (Wildman–Crippen LogP) is 4.57. The van der Waals surface area contributed by atoms with Gasteiger partial charge in [0.2, 0.25) is 0 Å². The predicted molar refractivity (Wildman–Crippen MR) is 117 cm³/mol. The van der Waals surface area contributed by atoms with Crippen LogP contribution in [-0.4, -0.2) is 24.5 Å². The third kappa shape index (κ3) is 3.65. The number of aromatic nitrogens is 3. The molecule has 6 heteroatoms. The minimum atomic E-state index is 0.0324. The van der Waals surface area contributed by atoms with E-state index < -0.39 is 0 Å². The van der Waals surface area contributed by atoms with E-state index >= 15 is 0 Å². The molecule has 5 rings (SSSR count). The summed E-state index contributed by atoms with van der Waals surface area (Å²) in [4.78, 5) is 11.1. The van der Waals surface area contributed by atoms with Crippen LogP contribution in [0.5, 0.6) is 0 Å². The summed E-state index contributed by atoms with van der Waals surface area (Å²) in [5.41, 5.74) is 3.51. The molecule has 1 aliphatic heterocycles. The van der Waals surface area contributed by atoms with Crippen molar-refractivity contribution in [3.8, 4) is 0 Å². The number of thiocarbonyl (C=S) groups is 1. The molecule has 1 saturated carbocycles. The van der Waals surface area contributed by atoms with Gasteiger partial charge in [0.25, 0.3) is 0 Å². The van der Waals surface area contributed by atoms with E-state index in [0.29, 0.717) is 6.04 Å². The zero-order chi connectivity index (χ0) is 19.6. The van der Waals surface area contributed by atoms with E-state index in [1.807, 2.05) is 30.7 Å². The molecule has 0 radical (unpaired) electrons. The van der Waals surface area contributed by atoms with Gasteiger partial charge in [-0.05, 0) is 66.5 Å². The van der Waals surface area contributed by atoms with Gasteiger partial charge >= 0.3 is 0 Å². The minimum Gasteiger partial charge on any atom is -0.352 e. The van der Waals surface area contributed by atoms with Gasteiger partial charge in [-0.25, -0.2) is 0 Å². The Morgan fingerprint density at radius 2 is 1.86 bits per heavy atom. The zero-order valence-electron chi connectivity index (χ0n) is 16.3. The summed E-state index contributed by atoms with van der Waals surface area (Å²) in [6.07, 6.45) is 15.3. The lowest BCUT2D eigenvalue weighted by molar-refractivity contribution is 0.310. The van der Waals surface area contributed by atoms with E-state index in [-0.39, 0.29) is 12.1 Å². The highest BCUT2D eigenvalue weighted by Crippen LogP contribution is 2.40. The summed E-state index contributed by atoms with van der Waals surface area (Å²) < 4.78 is 2.41. The summed E-state index contributed by atoms with van der Waals surface area (Å²) in [5.74, 6) is 0. The van der Waals surface area contributed by atoms with Gasteiger partial charge in [0, 0.05) is 43.6 Å². The first-order valence-corrected chi connectivity index (χ1v) is 10.7. The van der Waals surface area contributed by atoms with Crippen molar-refractivity contribution in [3.63, 3.8) is 0 Å². The second kappa shape index (κ2) is 7.95. The van der Waals surface area contributed by atoms with Crippen molar-refractivity contribution >= 4 is 17.3 Å². The standard InChI is InChI=1S/C23H25N5S/c29-23-26-21(20-7-3-4-11-25-20)22(28(23)15-17-8-12-24-13-9-17)18-10-14-27(16-18)19-5-1-2-6-19/h3-4,7-14,16,19,21-22H,1-2,5-6,15H2,(H,26,29)/t21-,22+/m1/s1. The molecule has 0 amide bonds. The lowest BCUT2D eigenvalue weighted by atomic mass is 9.99. The number of hydrogen-bond acceptors (Lipinski definition) is 3. The van der Waals surface area contributed by atoms with Crippen LogP contribution >= 0.6 is 12.2 Å². The van der Waals surface area contributed by atoms with Crippen LogP contribution in [0.15, 0.2) is 67.4 Å². The maximum atomic E-state index is 5.77. The monoisotopic (exact) mass is 403 g/mol. The second-order valence-electron chi connectivity index (χ2n) is 7.94. The molecule has 1 aliphatic carbocycles. The van der Waals surface area contributed by atoms with Crippen LogP contribution in [0.4, 0.5) is 0 Å². The van der Waals surface area contributed by atoms with E-state index in [9.17, 15) is 0 Å². The second-order valence-corrected chi connectivity index (χ2v) is 8.33. The molecule has 148 valence electrons. The SMILES string of the molecule is S=C1N[C@H](c2ccccn2)[C@H](c2ccn(C3CCCC3)c2)N1Cc1ccncc1. The molecule has 1 N–H and O–H groups in total. The Labute approximate surface area is 176 Å². The fourth-order valence-electron chi connectivity index (χ4n) is 4.66. The Bertz CT molecular complexity index is 965.